The zero-order valence-electron chi connectivity index (χ0n) is 29.6. The standard InChI is InChI=1S/C38H50N4O7S/c1-24(27-15-17-28(18-16-27)33-25(2)39-23-50-33)40-35(45)31-20-30(43)21-42(31)36(46)34(38(3,4)5)41-32(44)22-49-19-9-7-6-8-10-26-11-13-29(14-12-26)37(47)48/h11-18,23-24,30-31,34,43H,6-10,19-22H2,1-5H3,(H,40,45)(H,41,44)(H,47,48)/t24-,30+,31-,34+/m0/s1. The summed E-state index contributed by atoms with van der Waals surface area (Å²) >= 11 is 1.58. The molecule has 50 heavy (non-hydrogen) atoms. The Morgan fingerprint density at radius 3 is 2.30 bits per heavy atom. The molecule has 2 aromatic carbocycles. The summed E-state index contributed by atoms with van der Waals surface area (Å²) < 4.78 is 5.61. The molecule has 0 unspecified atom stereocenters. The van der Waals surface area contributed by atoms with E-state index in [0.717, 1.165) is 59.4 Å². The van der Waals surface area contributed by atoms with E-state index in [4.69, 9.17) is 9.84 Å². The first-order valence-electron chi connectivity index (χ1n) is 17.2. The van der Waals surface area contributed by atoms with E-state index < -0.39 is 41.4 Å². The van der Waals surface area contributed by atoms with Crippen molar-refractivity contribution in [3.05, 3.63) is 76.4 Å². The van der Waals surface area contributed by atoms with Crippen molar-refractivity contribution in [2.45, 2.75) is 97.4 Å². The van der Waals surface area contributed by atoms with Crippen LogP contribution in [0.5, 0.6) is 0 Å². The van der Waals surface area contributed by atoms with Crippen LogP contribution in [0.2, 0.25) is 0 Å². The highest BCUT2D eigenvalue weighted by atomic mass is 32.1. The van der Waals surface area contributed by atoms with Crippen molar-refractivity contribution in [2.24, 2.45) is 5.41 Å². The molecular weight excluding hydrogens is 657 g/mol. The van der Waals surface area contributed by atoms with Crippen LogP contribution in [0.1, 0.15) is 93.0 Å². The van der Waals surface area contributed by atoms with Crippen molar-refractivity contribution >= 4 is 35.0 Å². The van der Waals surface area contributed by atoms with Gasteiger partial charge in [0, 0.05) is 19.6 Å². The number of aliphatic hydroxyl groups is 1. The summed E-state index contributed by atoms with van der Waals surface area (Å²) in [5.41, 5.74) is 5.46. The SMILES string of the molecule is Cc1ncsc1-c1ccc([C@H](C)NC(=O)[C@@H]2C[C@@H](O)CN2C(=O)[C@@H](NC(=O)COCCCCCCc2ccc(C(=O)O)cc2)C(C)(C)C)cc1. The molecule has 0 bridgehead atoms. The fraction of sp³-hybridized carbons (Fsp3) is 0.500. The number of hydrogen-bond donors (Lipinski definition) is 4. The Morgan fingerprint density at radius 2 is 1.68 bits per heavy atom. The molecule has 11 nitrogen and oxygen atoms in total. The monoisotopic (exact) mass is 706 g/mol. The average Bonchev–Trinajstić information content (AvgIpc) is 3.69. The molecule has 4 atom stereocenters. The summed E-state index contributed by atoms with van der Waals surface area (Å²) in [4.78, 5) is 58.1. The lowest BCUT2D eigenvalue weighted by Crippen LogP contribution is -2.58. The maximum absolute atomic E-state index is 13.9. The molecule has 3 amide bonds. The van der Waals surface area contributed by atoms with Crippen LogP contribution in [-0.4, -0.2) is 81.7 Å². The summed E-state index contributed by atoms with van der Waals surface area (Å²) in [6.45, 7) is 9.60. The number of likely N-dealkylation sites (tertiary alicyclic amines) is 1. The van der Waals surface area contributed by atoms with Gasteiger partial charge in [-0.05, 0) is 67.3 Å². The van der Waals surface area contributed by atoms with E-state index in [2.05, 4.69) is 15.6 Å². The number of nitrogens with one attached hydrogen (secondary N) is 2. The van der Waals surface area contributed by atoms with Crippen molar-refractivity contribution in [1.82, 2.24) is 20.5 Å². The molecule has 12 heteroatoms. The van der Waals surface area contributed by atoms with Gasteiger partial charge in [-0.3, -0.25) is 14.4 Å². The van der Waals surface area contributed by atoms with Crippen molar-refractivity contribution in [2.75, 3.05) is 19.8 Å². The number of carbonyl (C=O) groups excluding carboxylic acids is 3. The van der Waals surface area contributed by atoms with Crippen LogP contribution in [-0.2, 0) is 25.5 Å². The molecule has 0 saturated carbocycles. The van der Waals surface area contributed by atoms with Crippen LogP contribution >= 0.6 is 11.3 Å². The predicted octanol–water partition coefficient (Wildman–Crippen LogP) is 5.31. The number of aliphatic hydroxyl groups excluding tert-OH is 1. The third-order valence-corrected chi connectivity index (χ3v) is 9.98. The zero-order valence-corrected chi connectivity index (χ0v) is 30.4. The van der Waals surface area contributed by atoms with Crippen molar-refractivity contribution in [3.8, 4) is 10.4 Å². The lowest BCUT2D eigenvalue weighted by molar-refractivity contribution is -0.144. The number of nitrogens with zero attached hydrogens (tertiary/aromatic N) is 2. The van der Waals surface area contributed by atoms with Crippen LogP contribution in [0.25, 0.3) is 10.4 Å². The topological polar surface area (TPSA) is 158 Å². The van der Waals surface area contributed by atoms with E-state index in [1.807, 2.05) is 76.5 Å². The number of unbranched alkanes of at least 4 members (excludes halogenated alkanes) is 3. The van der Waals surface area contributed by atoms with Gasteiger partial charge in [-0.25, -0.2) is 9.78 Å². The first-order valence-corrected chi connectivity index (χ1v) is 18.1. The van der Waals surface area contributed by atoms with E-state index in [1.165, 1.54) is 4.90 Å². The number of benzene rings is 2. The van der Waals surface area contributed by atoms with Crippen LogP contribution < -0.4 is 10.6 Å². The molecule has 3 aromatic rings. The molecule has 0 radical (unpaired) electrons. The molecule has 1 fully saturated rings. The zero-order chi connectivity index (χ0) is 36.4. The van der Waals surface area contributed by atoms with Gasteiger partial charge in [0.15, 0.2) is 0 Å². The molecule has 270 valence electrons. The van der Waals surface area contributed by atoms with Gasteiger partial charge in [-0.15, -0.1) is 11.3 Å². The fourth-order valence-electron chi connectivity index (χ4n) is 6.08. The number of carboxylic acid groups (broad SMARTS) is 1. The molecule has 0 aliphatic carbocycles. The summed E-state index contributed by atoms with van der Waals surface area (Å²) in [7, 11) is 0. The third-order valence-electron chi connectivity index (χ3n) is 9.00. The van der Waals surface area contributed by atoms with E-state index in [-0.39, 0.29) is 37.1 Å². The van der Waals surface area contributed by atoms with E-state index >= 15 is 0 Å². The summed E-state index contributed by atoms with van der Waals surface area (Å²) in [6.07, 6.45) is 3.77. The van der Waals surface area contributed by atoms with Crippen LogP contribution in [0.3, 0.4) is 0 Å². The lowest BCUT2D eigenvalue weighted by Gasteiger charge is -2.35. The van der Waals surface area contributed by atoms with Crippen molar-refractivity contribution < 1.29 is 34.1 Å². The van der Waals surface area contributed by atoms with E-state index in [9.17, 15) is 24.3 Å². The molecule has 1 aliphatic heterocycles. The maximum atomic E-state index is 13.9. The van der Waals surface area contributed by atoms with Gasteiger partial charge in [0.05, 0.1) is 33.8 Å². The first kappa shape index (κ1) is 38.7. The number of hydrogen-bond acceptors (Lipinski definition) is 8. The van der Waals surface area contributed by atoms with Crippen molar-refractivity contribution in [1.29, 1.82) is 0 Å². The second-order valence-electron chi connectivity index (χ2n) is 14.1. The number of β-amino-alcohol motifs (C(OH)–C–C–N with tert-alkyl or cyclic N) is 1. The van der Waals surface area contributed by atoms with Crippen molar-refractivity contribution in [3.63, 3.8) is 0 Å². The quantitative estimate of drug-likeness (QED) is 0.146. The summed E-state index contributed by atoms with van der Waals surface area (Å²) in [5, 5.41) is 25.4. The molecule has 1 aliphatic rings. The largest absolute Gasteiger partial charge is 0.478 e. The Kier molecular flexibility index (Phi) is 13.7. The number of aryl methyl sites for hydroxylation is 2. The number of carbonyl (C=O) groups is 4. The number of ether oxygens (including phenoxy) is 1. The number of aromatic nitrogens is 1. The first-order chi connectivity index (χ1) is 23.7. The van der Waals surface area contributed by atoms with E-state index in [1.54, 1.807) is 23.5 Å². The highest BCUT2D eigenvalue weighted by Gasteiger charge is 2.44. The number of thiazole rings is 1. The highest BCUT2D eigenvalue weighted by molar-refractivity contribution is 7.13. The van der Waals surface area contributed by atoms with Gasteiger partial charge in [-0.2, -0.15) is 0 Å². The summed E-state index contributed by atoms with van der Waals surface area (Å²) in [6, 6.07) is 12.7. The molecule has 4 rings (SSSR count). The molecule has 0 spiro atoms. The lowest BCUT2D eigenvalue weighted by atomic mass is 9.85. The van der Waals surface area contributed by atoms with Gasteiger partial charge in [0.2, 0.25) is 17.7 Å². The summed E-state index contributed by atoms with van der Waals surface area (Å²) in [5.74, 6) is -2.13. The van der Waals surface area contributed by atoms with E-state index in [0.29, 0.717) is 6.61 Å². The Balaban J connectivity index is 1.23. The van der Waals surface area contributed by atoms with Gasteiger partial charge in [-0.1, -0.05) is 70.0 Å². The molecule has 2 heterocycles. The highest BCUT2D eigenvalue weighted by Crippen LogP contribution is 2.29. The normalized spacial score (nSPS) is 17.3. The number of amides is 3. The second kappa shape index (κ2) is 17.7. The average molecular weight is 707 g/mol. The minimum Gasteiger partial charge on any atom is -0.478 e. The van der Waals surface area contributed by atoms with Crippen LogP contribution in [0, 0.1) is 12.3 Å². The van der Waals surface area contributed by atoms with Gasteiger partial charge in [0.1, 0.15) is 18.7 Å². The molecule has 1 saturated heterocycles. The van der Waals surface area contributed by atoms with Gasteiger partial charge < -0.3 is 30.5 Å². The molecule has 1 aromatic heterocycles. The Labute approximate surface area is 298 Å². The Hall–Kier alpha value is -4.13. The predicted molar refractivity (Wildman–Crippen MR) is 193 cm³/mol. The number of aromatic carboxylic acids is 1. The number of rotatable bonds is 16. The van der Waals surface area contributed by atoms with Crippen LogP contribution in [0.15, 0.2) is 54.0 Å². The van der Waals surface area contributed by atoms with Crippen LogP contribution in [0.4, 0.5) is 0 Å². The Bertz CT molecular complexity index is 1600. The smallest absolute Gasteiger partial charge is 0.335 e. The molecule has 4 N–H and O–H groups in total. The Morgan fingerprint density at radius 1 is 1.00 bits per heavy atom. The number of carboxylic acids is 1. The van der Waals surface area contributed by atoms with Gasteiger partial charge >= 0.3 is 5.97 Å². The minimum atomic E-state index is -0.933. The minimum absolute atomic E-state index is 0.000786. The molecular formula is C38H50N4O7S. The van der Waals surface area contributed by atoms with Gasteiger partial charge in [0.25, 0.3) is 0 Å². The third kappa shape index (κ3) is 10.7. The second-order valence-corrected chi connectivity index (χ2v) is 15.0. The fourth-order valence-corrected chi connectivity index (χ4v) is 6.90. The maximum Gasteiger partial charge on any atom is 0.335 e.